The standard InChI is InChI=1S/C37H80O5Si2/c1-7-12-17-21-25-29-33-38-43(6,39-34-30-26-22-18-13-8-2)42-44(37-16-11-5,40-35-31-27-23-19-14-9-3)41-36-32-28-24-20-15-10-4/h7-37H2,1-6H3. The normalized spacial score (nSPS) is 12.4. The second-order valence-corrected chi connectivity index (χ2v) is 18.8. The first-order valence-corrected chi connectivity index (χ1v) is 23.9. The van der Waals surface area contributed by atoms with E-state index >= 15 is 0 Å². The Morgan fingerprint density at radius 1 is 0.318 bits per heavy atom. The van der Waals surface area contributed by atoms with Crippen LogP contribution in [0.4, 0.5) is 0 Å². The van der Waals surface area contributed by atoms with Gasteiger partial charge in [0.05, 0.1) is 0 Å². The molecule has 0 aromatic rings. The Labute approximate surface area is 279 Å². The molecular formula is C37H80O5Si2. The largest absolute Gasteiger partial charge is 0.493 e. The van der Waals surface area contributed by atoms with E-state index in [0.717, 1.165) is 57.8 Å². The minimum Gasteiger partial charge on any atom is -0.374 e. The average Bonchev–Trinajstić information content (AvgIpc) is 3.02. The maximum Gasteiger partial charge on any atom is 0.493 e. The fourth-order valence-electron chi connectivity index (χ4n) is 5.57. The summed E-state index contributed by atoms with van der Waals surface area (Å²) < 4.78 is 33.9. The second-order valence-electron chi connectivity index (χ2n) is 13.2. The summed E-state index contributed by atoms with van der Waals surface area (Å²) >= 11 is 0. The van der Waals surface area contributed by atoms with Crippen LogP contribution in [0.15, 0.2) is 0 Å². The molecule has 0 saturated heterocycles. The molecule has 0 aliphatic rings. The van der Waals surface area contributed by atoms with E-state index in [1.54, 1.807) is 0 Å². The van der Waals surface area contributed by atoms with Crippen molar-refractivity contribution >= 4 is 17.6 Å². The molecule has 0 aromatic carbocycles. The van der Waals surface area contributed by atoms with E-state index in [9.17, 15) is 0 Å². The van der Waals surface area contributed by atoms with Crippen molar-refractivity contribution in [2.75, 3.05) is 26.4 Å². The van der Waals surface area contributed by atoms with E-state index in [0.29, 0.717) is 13.2 Å². The highest BCUT2D eigenvalue weighted by atomic mass is 28.5. The van der Waals surface area contributed by atoms with Gasteiger partial charge in [-0.2, -0.15) is 0 Å². The van der Waals surface area contributed by atoms with E-state index in [1.807, 2.05) is 0 Å². The van der Waals surface area contributed by atoms with E-state index in [2.05, 4.69) is 41.2 Å². The summed E-state index contributed by atoms with van der Waals surface area (Å²) in [5.41, 5.74) is 0. The van der Waals surface area contributed by atoms with E-state index < -0.39 is 17.6 Å². The van der Waals surface area contributed by atoms with Crippen LogP contribution in [0.1, 0.15) is 202 Å². The molecule has 5 nitrogen and oxygen atoms in total. The molecule has 0 heterocycles. The minimum absolute atomic E-state index is 0.707. The van der Waals surface area contributed by atoms with Crippen LogP contribution in [-0.4, -0.2) is 44.0 Å². The summed E-state index contributed by atoms with van der Waals surface area (Å²) in [5.74, 6) is 0. The minimum atomic E-state index is -2.96. The monoisotopic (exact) mass is 661 g/mol. The highest BCUT2D eigenvalue weighted by Crippen LogP contribution is 2.27. The van der Waals surface area contributed by atoms with Crippen LogP contribution >= 0.6 is 0 Å². The van der Waals surface area contributed by atoms with Crippen molar-refractivity contribution in [3.05, 3.63) is 0 Å². The molecule has 0 N–H and O–H groups in total. The van der Waals surface area contributed by atoms with Crippen LogP contribution in [0.25, 0.3) is 0 Å². The van der Waals surface area contributed by atoms with Crippen LogP contribution in [0.2, 0.25) is 12.6 Å². The van der Waals surface area contributed by atoms with Crippen LogP contribution in [0, 0.1) is 0 Å². The summed E-state index contributed by atoms with van der Waals surface area (Å²) in [6.45, 7) is 16.3. The van der Waals surface area contributed by atoms with Crippen LogP contribution < -0.4 is 0 Å². The number of hydrogen-bond donors (Lipinski definition) is 0. The third kappa shape index (κ3) is 27.4. The van der Waals surface area contributed by atoms with Crippen molar-refractivity contribution in [3.63, 3.8) is 0 Å². The average molecular weight is 661 g/mol. The predicted octanol–water partition coefficient (Wildman–Crippen LogP) is 12.8. The van der Waals surface area contributed by atoms with E-state index in [4.69, 9.17) is 21.8 Å². The van der Waals surface area contributed by atoms with Crippen molar-refractivity contribution in [3.8, 4) is 0 Å². The molecule has 0 saturated carbocycles. The van der Waals surface area contributed by atoms with Gasteiger partial charge >= 0.3 is 17.6 Å². The number of hydrogen-bond acceptors (Lipinski definition) is 5. The lowest BCUT2D eigenvalue weighted by Crippen LogP contribution is -2.57. The Hall–Kier alpha value is 0.234. The maximum absolute atomic E-state index is 7.10. The summed E-state index contributed by atoms with van der Waals surface area (Å²) in [4.78, 5) is 0. The number of rotatable bonds is 37. The van der Waals surface area contributed by atoms with Gasteiger partial charge < -0.3 is 21.8 Å². The Morgan fingerprint density at radius 3 is 0.909 bits per heavy atom. The first-order valence-electron chi connectivity index (χ1n) is 19.8. The van der Waals surface area contributed by atoms with Gasteiger partial charge in [0.1, 0.15) is 0 Å². The zero-order valence-corrected chi connectivity index (χ0v) is 33.0. The summed E-state index contributed by atoms with van der Waals surface area (Å²) in [7, 11) is -5.91. The SMILES string of the molecule is CCCCCCCCO[Si](C)(OCCCCCCCC)O[Si](CCCC)(OCCCCCCCC)OCCCCCCCC. The zero-order valence-electron chi connectivity index (χ0n) is 31.0. The van der Waals surface area contributed by atoms with Gasteiger partial charge in [-0.05, 0) is 32.1 Å². The lowest BCUT2D eigenvalue weighted by molar-refractivity contribution is 0.0413. The van der Waals surface area contributed by atoms with Crippen LogP contribution in [0.5, 0.6) is 0 Å². The molecule has 266 valence electrons. The fourth-order valence-corrected chi connectivity index (χ4v) is 12.4. The molecule has 0 unspecified atom stereocenters. The van der Waals surface area contributed by atoms with E-state index in [-0.39, 0.29) is 0 Å². The van der Waals surface area contributed by atoms with Gasteiger partial charge in [0.25, 0.3) is 0 Å². The summed E-state index contributed by atoms with van der Waals surface area (Å²) in [5, 5.41) is 0. The highest BCUT2D eigenvalue weighted by molar-refractivity contribution is 6.74. The van der Waals surface area contributed by atoms with Crippen LogP contribution in [0.3, 0.4) is 0 Å². The quantitative estimate of drug-likeness (QED) is 0.0490. The van der Waals surface area contributed by atoms with E-state index in [1.165, 1.54) is 128 Å². The molecule has 0 atom stereocenters. The Balaban J connectivity index is 5.48. The first kappa shape index (κ1) is 44.2. The van der Waals surface area contributed by atoms with Gasteiger partial charge in [0, 0.05) is 39.0 Å². The zero-order chi connectivity index (χ0) is 32.5. The molecule has 44 heavy (non-hydrogen) atoms. The van der Waals surface area contributed by atoms with Crippen molar-refractivity contribution in [2.24, 2.45) is 0 Å². The lowest BCUT2D eigenvalue weighted by Gasteiger charge is -2.37. The van der Waals surface area contributed by atoms with Gasteiger partial charge in [-0.15, -0.1) is 0 Å². The summed E-state index contributed by atoms with van der Waals surface area (Å²) in [6.07, 6.45) is 32.2. The van der Waals surface area contributed by atoms with Gasteiger partial charge in [-0.3, -0.25) is 0 Å². The Bertz CT molecular complexity index is 530. The van der Waals surface area contributed by atoms with Crippen molar-refractivity contribution in [1.82, 2.24) is 0 Å². The van der Waals surface area contributed by atoms with Gasteiger partial charge in [0.15, 0.2) is 0 Å². The van der Waals surface area contributed by atoms with Gasteiger partial charge in [-0.25, -0.2) is 0 Å². The van der Waals surface area contributed by atoms with Crippen molar-refractivity contribution in [1.29, 1.82) is 0 Å². The smallest absolute Gasteiger partial charge is 0.374 e. The molecule has 0 fully saturated rings. The first-order chi connectivity index (χ1) is 21.5. The fraction of sp³-hybridized carbons (Fsp3) is 1.00. The third-order valence-corrected chi connectivity index (χ3v) is 15.0. The predicted molar refractivity (Wildman–Crippen MR) is 195 cm³/mol. The van der Waals surface area contributed by atoms with Gasteiger partial charge in [-0.1, -0.05) is 169 Å². The second kappa shape index (κ2) is 33.1. The van der Waals surface area contributed by atoms with Crippen molar-refractivity contribution < 1.29 is 21.8 Å². The molecule has 0 amide bonds. The molecule has 0 bridgehead atoms. The number of unbranched alkanes of at least 4 members (excludes halogenated alkanes) is 21. The van der Waals surface area contributed by atoms with Crippen LogP contribution in [-0.2, 0) is 21.8 Å². The molecule has 0 aliphatic heterocycles. The molecule has 0 rings (SSSR count). The Kier molecular flexibility index (Phi) is 33.3. The topological polar surface area (TPSA) is 46.2 Å². The Morgan fingerprint density at radius 2 is 0.591 bits per heavy atom. The lowest BCUT2D eigenvalue weighted by atomic mass is 10.1. The summed E-state index contributed by atoms with van der Waals surface area (Å²) in [6, 6.07) is 0.860. The molecule has 0 radical (unpaired) electrons. The van der Waals surface area contributed by atoms with Gasteiger partial charge in [0.2, 0.25) is 0 Å². The molecule has 0 aromatic heterocycles. The molecule has 0 aliphatic carbocycles. The highest BCUT2D eigenvalue weighted by Gasteiger charge is 2.50. The molecule has 0 spiro atoms. The molecular weight excluding hydrogens is 581 g/mol. The third-order valence-electron chi connectivity index (χ3n) is 8.54. The van der Waals surface area contributed by atoms with Crippen molar-refractivity contribution in [2.45, 2.75) is 214 Å². The molecule has 7 heteroatoms. The maximum atomic E-state index is 7.10.